The van der Waals surface area contributed by atoms with Gasteiger partial charge < -0.3 is 14.5 Å². The quantitative estimate of drug-likeness (QED) is 0.662. The van der Waals surface area contributed by atoms with E-state index in [1.807, 2.05) is 42.5 Å². The molecular formula is C18H18ClN3O2. The first kappa shape index (κ1) is 16.5. The summed E-state index contributed by atoms with van der Waals surface area (Å²) >= 11 is 5.97. The Balaban J connectivity index is 1.52. The Morgan fingerprint density at radius 3 is 2.83 bits per heavy atom. The second kappa shape index (κ2) is 7.95. The summed E-state index contributed by atoms with van der Waals surface area (Å²) in [6.45, 7) is 1.33. The van der Waals surface area contributed by atoms with Crippen LogP contribution in [0.4, 0.5) is 0 Å². The van der Waals surface area contributed by atoms with Gasteiger partial charge in [0.05, 0.1) is 13.7 Å². The van der Waals surface area contributed by atoms with Gasteiger partial charge in [-0.3, -0.25) is 0 Å². The normalized spacial score (nSPS) is 10.8. The molecule has 0 spiro atoms. The van der Waals surface area contributed by atoms with Gasteiger partial charge in [0.2, 0.25) is 11.8 Å². The summed E-state index contributed by atoms with van der Waals surface area (Å²) in [5.74, 6) is 1.80. The first-order valence-corrected chi connectivity index (χ1v) is 8.04. The number of rotatable bonds is 7. The number of nitrogens with zero attached hydrogens (tertiary/aromatic N) is 2. The van der Waals surface area contributed by atoms with Crippen LogP contribution in [-0.2, 0) is 13.0 Å². The molecule has 0 aliphatic carbocycles. The van der Waals surface area contributed by atoms with Crippen molar-refractivity contribution in [3.8, 4) is 17.2 Å². The van der Waals surface area contributed by atoms with Crippen molar-refractivity contribution in [1.82, 2.24) is 15.5 Å². The third-order valence-corrected chi connectivity index (χ3v) is 3.77. The maximum atomic E-state index is 5.97. The van der Waals surface area contributed by atoms with Gasteiger partial charge in [-0.25, -0.2) is 0 Å². The fourth-order valence-electron chi connectivity index (χ4n) is 2.32. The molecule has 0 aliphatic rings. The molecule has 0 radical (unpaired) electrons. The summed E-state index contributed by atoms with van der Waals surface area (Å²) in [6, 6.07) is 15.4. The first-order valence-electron chi connectivity index (χ1n) is 7.66. The summed E-state index contributed by atoms with van der Waals surface area (Å²) in [5.41, 5.74) is 2.03. The second-order valence-electron chi connectivity index (χ2n) is 5.29. The molecular weight excluding hydrogens is 326 g/mol. The van der Waals surface area contributed by atoms with E-state index in [2.05, 4.69) is 21.6 Å². The average molecular weight is 344 g/mol. The van der Waals surface area contributed by atoms with Crippen molar-refractivity contribution >= 4 is 11.6 Å². The number of aromatic nitrogens is 2. The van der Waals surface area contributed by atoms with Gasteiger partial charge in [-0.2, -0.15) is 0 Å². The molecule has 0 unspecified atom stereocenters. The van der Waals surface area contributed by atoms with Crippen LogP contribution in [0.2, 0.25) is 5.02 Å². The monoisotopic (exact) mass is 343 g/mol. The van der Waals surface area contributed by atoms with Crippen molar-refractivity contribution in [2.24, 2.45) is 0 Å². The van der Waals surface area contributed by atoms with Gasteiger partial charge in [0.15, 0.2) is 0 Å². The molecule has 0 saturated carbocycles. The summed E-state index contributed by atoms with van der Waals surface area (Å²) in [7, 11) is 1.63. The summed E-state index contributed by atoms with van der Waals surface area (Å²) in [5, 5.41) is 12.2. The van der Waals surface area contributed by atoms with E-state index in [9.17, 15) is 0 Å². The Kier molecular flexibility index (Phi) is 5.46. The number of ether oxygens (including phenoxy) is 1. The molecule has 0 atom stereocenters. The van der Waals surface area contributed by atoms with Gasteiger partial charge in [-0.15, -0.1) is 10.2 Å². The minimum Gasteiger partial charge on any atom is -0.497 e. The van der Waals surface area contributed by atoms with E-state index in [1.54, 1.807) is 7.11 Å². The minimum absolute atomic E-state index is 0.487. The van der Waals surface area contributed by atoms with Crippen molar-refractivity contribution in [3.05, 3.63) is 65.0 Å². The highest BCUT2D eigenvalue weighted by atomic mass is 35.5. The van der Waals surface area contributed by atoms with Crippen LogP contribution in [0.3, 0.4) is 0 Å². The minimum atomic E-state index is 0.487. The summed E-state index contributed by atoms with van der Waals surface area (Å²) < 4.78 is 10.9. The molecule has 3 aromatic rings. The van der Waals surface area contributed by atoms with E-state index in [4.69, 9.17) is 20.8 Å². The molecule has 0 saturated heterocycles. The lowest BCUT2D eigenvalue weighted by atomic mass is 10.1. The van der Waals surface area contributed by atoms with Crippen LogP contribution in [0.25, 0.3) is 11.5 Å². The highest BCUT2D eigenvalue weighted by Gasteiger charge is 2.09. The van der Waals surface area contributed by atoms with Crippen molar-refractivity contribution in [3.63, 3.8) is 0 Å². The Hall–Kier alpha value is -2.37. The molecule has 0 aliphatic heterocycles. The number of halogens is 1. The molecule has 1 aromatic heterocycles. The molecule has 124 valence electrons. The fourth-order valence-corrected chi connectivity index (χ4v) is 2.53. The lowest BCUT2D eigenvalue weighted by molar-refractivity contribution is 0.414. The maximum Gasteiger partial charge on any atom is 0.247 e. The Bertz CT molecular complexity index is 804. The number of hydrogen-bond donors (Lipinski definition) is 1. The first-order chi connectivity index (χ1) is 11.7. The van der Waals surface area contributed by atoms with Crippen LogP contribution in [0.15, 0.2) is 52.9 Å². The van der Waals surface area contributed by atoms with Crippen molar-refractivity contribution < 1.29 is 9.15 Å². The average Bonchev–Trinajstić information content (AvgIpc) is 3.08. The van der Waals surface area contributed by atoms with Crippen LogP contribution in [0, 0.1) is 0 Å². The predicted molar refractivity (Wildman–Crippen MR) is 93.1 cm³/mol. The Morgan fingerprint density at radius 1 is 1.12 bits per heavy atom. The molecule has 0 fully saturated rings. The standard InChI is InChI=1S/C18H18ClN3O2/c1-23-16-7-3-5-14(11-16)18-22-21-17(24-18)12-20-9-8-13-4-2-6-15(19)10-13/h2-7,10-11,20H,8-9,12H2,1H3. The zero-order valence-corrected chi connectivity index (χ0v) is 14.1. The molecule has 2 aromatic carbocycles. The van der Waals surface area contributed by atoms with Gasteiger partial charge in [-0.1, -0.05) is 29.8 Å². The number of methoxy groups -OCH3 is 1. The van der Waals surface area contributed by atoms with Crippen LogP contribution in [0.5, 0.6) is 5.75 Å². The van der Waals surface area contributed by atoms with Crippen LogP contribution >= 0.6 is 11.6 Å². The number of nitrogens with one attached hydrogen (secondary N) is 1. The third kappa shape index (κ3) is 4.34. The molecule has 0 bridgehead atoms. The third-order valence-electron chi connectivity index (χ3n) is 3.54. The molecule has 1 heterocycles. The molecule has 24 heavy (non-hydrogen) atoms. The smallest absolute Gasteiger partial charge is 0.247 e. The van der Waals surface area contributed by atoms with Gasteiger partial charge in [0, 0.05) is 10.6 Å². The number of hydrogen-bond acceptors (Lipinski definition) is 5. The number of benzene rings is 2. The maximum absolute atomic E-state index is 5.97. The predicted octanol–water partition coefficient (Wildman–Crippen LogP) is 3.73. The van der Waals surface area contributed by atoms with Gasteiger partial charge in [0.25, 0.3) is 0 Å². The Labute approximate surface area is 145 Å². The lowest BCUT2D eigenvalue weighted by Gasteiger charge is -2.03. The van der Waals surface area contributed by atoms with E-state index in [0.717, 1.165) is 29.3 Å². The van der Waals surface area contributed by atoms with E-state index >= 15 is 0 Å². The van der Waals surface area contributed by atoms with Gasteiger partial charge in [-0.05, 0) is 48.9 Å². The largest absolute Gasteiger partial charge is 0.497 e. The van der Waals surface area contributed by atoms with Crippen LogP contribution in [-0.4, -0.2) is 23.9 Å². The Morgan fingerprint density at radius 2 is 2.00 bits per heavy atom. The van der Waals surface area contributed by atoms with Gasteiger partial charge >= 0.3 is 0 Å². The van der Waals surface area contributed by atoms with Crippen LogP contribution in [0.1, 0.15) is 11.5 Å². The highest BCUT2D eigenvalue weighted by molar-refractivity contribution is 6.30. The topological polar surface area (TPSA) is 60.2 Å². The summed E-state index contributed by atoms with van der Waals surface area (Å²) in [4.78, 5) is 0. The highest BCUT2D eigenvalue weighted by Crippen LogP contribution is 2.22. The molecule has 3 rings (SSSR count). The van der Waals surface area contributed by atoms with E-state index in [-0.39, 0.29) is 0 Å². The van der Waals surface area contributed by atoms with Crippen molar-refractivity contribution in [2.75, 3.05) is 13.7 Å². The zero-order valence-electron chi connectivity index (χ0n) is 13.3. The van der Waals surface area contributed by atoms with Gasteiger partial charge in [0.1, 0.15) is 5.75 Å². The molecule has 1 N–H and O–H groups in total. The summed E-state index contributed by atoms with van der Waals surface area (Å²) in [6.07, 6.45) is 0.886. The zero-order chi connectivity index (χ0) is 16.8. The van der Waals surface area contributed by atoms with E-state index < -0.39 is 0 Å². The molecule has 6 heteroatoms. The van der Waals surface area contributed by atoms with Crippen molar-refractivity contribution in [1.29, 1.82) is 0 Å². The van der Waals surface area contributed by atoms with Crippen LogP contribution < -0.4 is 10.1 Å². The second-order valence-corrected chi connectivity index (χ2v) is 5.73. The fraction of sp³-hybridized carbons (Fsp3) is 0.222. The van der Waals surface area contributed by atoms with E-state index in [0.29, 0.717) is 18.3 Å². The SMILES string of the molecule is COc1cccc(-c2nnc(CNCCc3cccc(Cl)c3)o2)c1. The lowest BCUT2D eigenvalue weighted by Crippen LogP contribution is -2.16. The molecule has 5 nitrogen and oxygen atoms in total. The molecule has 0 amide bonds. The van der Waals surface area contributed by atoms with Crippen molar-refractivity contribution in [2.45, 2.75) is 13.0 Å². The van der Waals surface area contributed by atoms with E-state index in [1.165, 1.54) is 5.56 Å².